The van der Waals surface area contributed by atoms with Crippen LogP contribution < -0.4 is 0 Å². The van der Waals surface area contributed by atoms with Crippen molar-refractivity contribution in [3.63, 3.8) is 0 Å². The molecule has 1 aliphatic carbocycles. The number of rotatable bonds is 1. The highest BCUT2D eigenvalue weighted by Crippen LogP contribution is 2.30. The first-order chi connectivity index (χ1) is 7.63. The second kappa shape index (κ2) is 4.16. The molecule has 0 saturated heterocycles. The molecular formula is C13H17NO2. The Balaban J connectivity index is 2.55. The molecule has 1 N–H and O–H groups in total. The van der Waals surface area contributed by atoms with Gasteiger partial charge < -0.3 is 9.94 Å². The largest absolute Gasteiger partial charge is 0.508 e. The van der Waals surface area contributed by atoms with E-state index in [1.165, 1.54) is 0 Å². The van der Waals surface area contributed by atoms with E-state index in [9.17, 15) is 5.11 Å². The van der Waals surface area contributed by atoms with E-state index in [1.54, 1.807) is 7.11 Å². The van der Waals surface area contributed by atoms with E-state index in [1.807, 2.05) is 19.1 Å². The lowest BCUT2D eigenvalue weighted by Crippen LogP contribution is -2.21. The van der Waals surface area contributed by atoms with Crippen molar-refractivity contribution in [1.29, 1.82) is 0 Å². The third-order valence-electron chi connectivity index (χ3n) is 3.20. The zero-order valence-electron chi connectivity index (χ0n) is 9.95. The van der Waals surface area contributed by atoms with Crippen LogP contribution in [-0.2, 0) is 11.3 Å². The maximum atomic E-state index is 9.69. The normalized spacial score (nSPS) is 21.9. The monoisotopic (exact) mass is 219 g/mol. The number of hydrogen-bond donors (Lipinski definition) is 1. The zero-order valence-corrected chi connectivity index (χ0v) is 9.95. The van der Waals surface area contributed by atoms with Crippen molar-refractivity contribution in [2.45, 2.75) is 26.7 Å². The Hall–Kier alpha value is -1.51. The van der Waals surface area contributed by atoms with Gasteiger partial charge in [-0.15, -0.1) is 0 Å². The summed E-state index contributed by atoms with van der Waals surface area (Å²) in [5.41, 5.74) is 4.16. The average molecular weight is 219 g/mol. The Morgan fingerprint density at radius 2 is 2.19 bits per heavy atom. The van der Waals surface area contributed by atoms with Crippen LogP contribution in [0.5, 0.6) is 5.75 Å². The van der Waals surface area contributed by atoms with E-state index >= 15 is 0 Å². The molecule has 0 bridgehead atoms. The number of phenolic OH excluding ortho intramolecular Hbond substituents is 1. The van der Waals surface area contributed by atoms with Crippen molar-refractivity contribution in [3.05, 3.63) is 28.8 Å². The predicted molar refractivity (Wildman–Crippen MR) is 63.9 cm³/mol. The molecule has 1 aromatic carbocycles. The summed E-state index contributed by atoms with van der Waals surface area (Å²) < 4.78 is 0. The van der Waals surface area contributed by atoms with Gasteiger partial charge in [-0.3, -0.25) is 0 Å². The maximum absolute atomic E-state index is 9.69. The molecule has 3 nitrogen and oxygen atoms in total. The SMILES string of the molecule is CO/N=C1/c2cc(C)c(O)cc2CCC1C. The lowest BCUT2D eigenvalue weighted by atomic mass is 9.82. The number of hydrogen-bond acceptors (Lipinski definition) is 3. The third-order valence-corrected chi connectivity index (χ3v) is 3.20. The molecule has 0 heterocycles. The fourth-order valence-corrected chi connectivity index (χ4v) is 2.20. The second-order valence-electron chi connectivity index (χ2n) is 4.39. The first-order valence-electron chi connectivity index (χ1n) is 5.57. The standard InChI is InChI=1S/C13H17NO2/c1-8-4-5-10-7-12(15)9(2)6-11(10)13(8)14-16-3/h6-8,15H,4-5H2,1-3H3/b14-13+. The summed E-state index contributed by atoms with van der Waals surface area (Å²) in [5.74, 6) is 0.779. The number of fused-ring (bicyclic) bond motifs is 1. The first-order valence-corrected chi connectivity index (χ1v) is 5.57. The van der Waals surface area contributed by atoms with Crippen LogP contribution in [0, 0.1) is 12.8 Å². The fraction of sp³-hybridized carbons (Fsp3) is 0.462. The number of nitrogens with zero attached hydrogens (tertiary/aromatic N) is 1. The van der Waals surface area contributed by atoms with Gasteiger partial charge in [0.15, 0.2) is 0 Å². The lowest BCUT2D eigenvalue weighted by molar-refractivity contribution is 0.211. The molecule has 86 valence electrons. The number of oxime groups is 1. The summed E-state index contributed by atoms with van der Waals surface area (Å²) in [6.07, 6.45) is 2.05. The van der Waals surface area contributed by atoms with E-state index in [4.69, 9.17) is 4.84 Å². The molecule has 0 saturated carbocycles. The Kier molecular flexibility index (Phi) is 2.86. The van der Waals surface area contributed by atoms with Crippen LogP contribution >= 0.6 is 0 Å². The van der Waals surface area contributed by atoms with Gasteiger partial charge in [-0.25, -0.2) is 0 Å². The van der Waals surface area contributed by atoms with Crippen LogP contribution in [0.1, 0.15) is 30.0 Å². The number of phenols is 1. The molecule has 0 spiro atoms. The quantitative estimate of drug-likeness (QED) is 0.738. The zero-order chi connectivity index (χ0) is 11.7. The summed E-state index contributed by atoms with van der Waals surface area (Å²) in [6.45, 7) is 4.06. The average Bonchev–Trinajstić information content (AvgIpc) is 2.25. The third kappa shape index (κ3) is 1.77. The van der Waals surface area contributed by atoms with E-state index in [-0.39, 0.29) is 0 Å². The second-order valence-corrected chi connectivity index (χ2v) is 4.39. The topological polar surface area (TPSA) is 41.8 Å². The minimum absolute atomic E-state index is 0.366. The molecule has 1 atom stereocenters. The predicted octanol–water partition coefficient (Wildman–Crippen LogP) is 2.63. The molecule has 1 aromatic rings. The Morgan fingerprint density at radius 3 is 2.88 bits per heavy atom. The van der Waals surface area contributed by atoms with Crippen molar-refractivity contribution < 1.29 is 9.94 Å². The highest BCUT2D eigenvalue weighted by atomic mass is 16.6. The fourth-order valence-electron chi connectivity index (χ4n) is 2.20. The van der Waals surface area contributed by atoms with E-state index in [0.717, 1.165) is 35.2 Å². The lowest BCUT2D eigenvalue weighted by Gasteiger charge is -2.23. The van der Waals surface area contributed by atoms with Crippen LogP contribution in [0.4, 0.5) is 0 Å². The van der Waals surface area contributed by atoms with Crippen LogP contribution in [0.3, 0.4) is 0 Å². The van der Waals surface area contributed by atoms with E-state index in [0.29, 0.717) is 11.7 Å². The van der Waals surface area contributed by atoms with Gasteiger partial charge >= 0.3 is 0 Å². The van der Waals surface area contributed by atoms with E-state index in [2.05, 4.69) is 12.1 Å². The maximum Gasteiger partial charge on any atom is 0.118 e. The molecule has 0 amide bonds. The number of benzene rings is 1. The van der Waals surface area contributed by atoms with Crippen molar-refractivity contribution in [2.75, 3.05) is 7.11 Å². The molecular weight excluding hydrogens is 202 g/mol. The number of aromatic hydroxyl groups is 1. The Bertz CT molecular complexity index is 438. The van der Waals surface area contributed by atoms with Gasteiger partial charge in [0.25, 0.3) is 0 Å². The van der Waals surface area contributed by atoms with Gasteiger partial charge in [-0.2, -0.15) is 0 Å². The van der Waals surface area contributed by atoms with Gasteiger partial charge in [-0.05, 0) is 43.0 Å². The molecule has 0 aliphatic heterocycles. The molecule has 0 fully saturated rings. The van der Waals surface area contributed by atoms with Gasteiger partial charge in [0.1, 0.15) is 12.9 Å². The summed E-state index contributed by atoms with van der Waals surface area (Å²) >= 11 is 0. The van der Waals surface area contributed by atoms with Gasteiger partial charge in [0.2, 0.25) is 0 Å². The summed E-state index contributed by atoms with van der Waals surface area (Å²) in [5, 5.41) is 13.8. The molecule has 1 aliphatic rings. The van der Waals surface area contributed by atoms with Gasteiger partial charge in [-0.1, -0.05) is 12.1 Å². The summed E-state index contributed by atoms with van der Waals surface area (Å²) in [6, 6.07) is 3.85. The van der Waals surface area contributed by atoms with Crippen molar-refractivity contribution in [2.24, 2.45) is 11.1 Å². The molecule has 0 aromatic heterocycles. The van der Waals surface area contributed by atoms with Crippen LogP contribution in [0.25, 0.3) is 0 Å². The van der Waals surface area contributed by atoms with Crippen molar-refractivity contribution in [3.8, 4) is 5.75 Å². The van der Waals surface area contributed by atoms with Crippen LogP contribution in [0.15, 0.2) is 17.3 Å². The molecule has 16 heavy (non-hydrogen) atoms. The molecule has 0 radical (unpaired) electrons. The van der Waals surface area contributed by atoms with E-state index < -0.39 is 0 Å². The smallest absolute Gasteiger partial charge is 0.118 e. The Morgan fingerprint density at radius 1 is 1.44 bits per heavy atom. The summed E-state index contributed by atoms with van der Waals surface area (Å²) in [7, 11) is 1.57. The molecule has 1 unspecified atom stereocenters. The first kappa shape index (κ1) is 11.0. The van der Waals surface area contributed by atoms with Gasteiger partial charge in [0.05, 0.1) is 5.71 Å². The minimum atomic E-state index is 0.366. The summed E-state index contributed by atoms with van der Waals surface area (Å²) in [4.78, 5) is 4.90. The number of aryl methyl sites for hydroxylation is 2. The highest BCUT2D eigenvalue weighted by Gasteiger charge is 2.23. The molecule has 2 rings (SSSR count). The molecule has 3 heteroatoms. The van der Waals surface area contributed by atoms with Gasteiger partial charge in [0, 0.05) is 11.5 Å². The highest BCUT2D eigenvalue weighted by molar-refractivity contribution is 6.04. The van der Waals surface area contributed by atoms with Crippen molar-refractivity contribution in [1.82, 2.24) is 0 Å². The van der Waals surface area contributed by atoms with Crippen LogP contribution in [0.2, 0.25) is 0 Å². The van der Waals surface area contributed by atoms with Crippen LogP contribution in [-0.4, -0.2) is 17.9 Å². The minimum Gasteiger partial charge on any atom is -0.508 e. The van der Waals surface area contributed by atoms with Crippen molar-refractivity contribution >= 4 is 5.71 Å². The Labute approximate surface area is 95.7 Å².